The molecular formula is C14H28N2. The normalized spacial score (nSPS) is 32.1. The molecule has 2 atom stereocenters. The SMILES string of the molecule is CC1CCCC(CNCCN2CCCC2)C1. The molecule has 0 aromatic rings. The molecule has 0 radical (unpaired) electrons. The molecule has 0 aromatic heterocycles. The second-order valence-electron chi connectivity index (χ2n) is 5.89. The van der Waals surface area contributed by atoms with Crippen LogP contribution in [-0.2, 0) is 0 Å². The molecule has 2 fully saturated rings. The Morgan fingerprint density at radius 2 is 1.94 bits per heavy atom. The van der Waals surface area contributed by atoms with Crippen molar-refractivity contribution in [3.8, 4) is 0 Å². The Bertz CT molecular complexity index is 187. The molecule has 1 heterocycles. The van der Waals surface area contributed by atoms with E-state index in [-0.39, 0.29) is 0 Å². The Balaban J connectivity index is 1.50. The average Bonchev–Trinajstić information content (AvgIpc) is 2.77. The van der Waals surface area contributed by atoms with Crippen LogP contribution in [0.5, 0.6) is 0 Å². The molecule has 2 unspecified atom stereocenters. The Kier molecular flexibility index (Phi) is 5.11. The predicted molar refractivity (Wildman–Crippen MR) is 69.7 cm³/mol. The second kappa shape index (κ2) is 6.61. The lowest BCUT2D eigenvalue weighted by molar-refractivity contribution is 0.267. The molecule has 2 rings (SSSR count). The molecule has 1 saturated heterocycles. The predicted octanol–water partition coefficient (Wildman–Crippen LogP) is 2.50. The first-order chi connectivity index (χ1) is 7.84. The van der Waals surface area contributed by atoms with Crippen molar-refractivity contribution in [1.29, 1.82) is 0 Å². The van der Waals surface area contributed by atoms with Gasteiger partial charge in [0.1, 0.15) is 0 Å². The van der Waals surface area contributed by atoms with Crippen molar-refractivity contribution in [2.45, 2.75) is 45.4 Å². The van der Waals surface area contributed by atoms with Crippen LogP contribution in [0, 0.1) is 11.8 Å². The molecule has 0 amide bonds. The lowest BCUT2D eigenvalue weighted by atomic mass is 9.82. The smallest absolute Gasteiger partial charge is 0.0107 e. The van der Waals surface area contributed by atoms with E-state index >= 15 is 0 Å². The van der Waals surface area contributed by atoms with Gasteiger partial charge < -0.3 is 10.2 Å². The van der Waals surface area contributed by atoms with Crippen LogP contribution in [0.2, 0.25) is 0 Å². The summed E-state index contributed by atoms with van der Waals surface area (Å²) >= 11 is 0. The molecule has 1 saturated carbocycles. The van der Waals surface area contributed by atoms with E-state index < -0.39 is 0 Å². The van der Waals surface area contributed by atoms with Crippen LogP contribution in [0.4, 0.5) is 0 Å². The summed E-state index contributed by atoms with van der Waals surface area (Å²) < 4.78 is 0. The average molecular weight is 224 g/mol. The number of likely N-dealkylation sites (tertiary alicyclic amines) is 1. The molecule has 1 aliphatic heterocycles. The Morgan fingerprint density at radius 3 is 2.69 bits per heavy atom. The van der Waals surface area contributed by atoms with Crippen LogP contribution in [0.3, 0.4) is 0 Å². The van der Waals surface area contributed by atoms with Gasteiger partial charge in [-0.1, -0.05) is 19.8 Å². The van der Waals surface area contributed by atoms with Crippen molar-refractivity contribution in [1.82, 2.24) is 10.2 Å². The van der Waals surface area contributed by atoms with E-state index in [9.17, 15) is 0 Å². The minimum absolute atomic E-state index is 0.960. The van der Waals surface area contributed by atoms with E-state index in [1.807, 2.05) is 0 Å². The van der Waals surface area contributed by atoms with E-state index in [1.165, 1.54) is 71.2 Å². The molecule has 2 aliphatic rings. The maximum atomic E-state index is 3.66. The number of rotatable bonds is 5. The van der Waals surface area contributed by atoms with Gasteiger partial charge in [0.2, 0.25) is 0 Å². The number of hydrogen-bond acceptors (Lipinski definition) is 2. The summed E-state index contributed by atoms with van der Waals surface area (Å²) in [6.45, 7) is 8.81. The van der Waals surface area contributed by atoms with Crippen molar-refractivity contribution in [3.63, 3.8) is 0 Å². The van der Waals surface area contributed by atoms with Crippen molar-refractivity contribution in [2.75, 3.05) is 32.7 Å². The van der Waals surface area contributed by atoms with Gasteiger partial charge in [0.15, 0.2) is 0 Å². The summed E-state index contributed by atoms with van der Waals surface area (Å²) in [4.78, 5) is 2.59. The molecule has 94 valence electrons. The van der Waals surface area contributed by atoms with Gasteiger partial charge in [0.05, 0.1) is 0 Å². The Morgan fingerprint density at radius 1 is 1.12 bits per heavy atom. The third-order valence-corrected chi connectivity index (χ3v) is 4.28. The fourth-order valence-corrected chi connectivity index (χ4v) is 3.29. The van der Waals surface area contributed by atoms with Crippen LogP contribution in [0.15, 0.2) is 0 Å². The van der Waals surface area contributed by atoms with Gasteiger partial charge in [-0.3, -0.25) is 0 Å². The third-order valence-electron chi connectivity index (χ3n) is 4.28. The van der Waals surface area contributed by atoms with Crippen LogP contribution < -0.4 is 5.32 Å². The topological polar surface area (TPSA) is 15.3 Å². The van der Waals surface area contributed by atoms with E-state index in [0.29, 0.717) is 0 Å². The summed E-state index contributed by atoms with van der Waals surface area (Å²) in [6.07, 6.45) is 8.67. The molecule has 2 nitrogen and oxygen atoms in total. The van der Waals surface area contributed by atoms with E-state index in [1.54, 1.807) is 0 Å². The van der Waals surface area contributed by atoms with E-state index in [2.05, 4.69) is 17.1 Å². The van der Waals surface area contributed by atoms with Crippen molar-refractivity contribution >= 4 is 0 Å². The van der Waals surface area contributed by atoms with Crippen LogP contribution in [0.25, 0.3) is 0 Å². The molecule has 1 aliphatic carbocycles. The van der Waals surface area contributed by atoms with Crippen LogP contribution >= 0.6 is 0 Å². The monoisotopic (exact) mass is 224 g/mol. The first-order valence-corrected chi connectivity index (χ1v) is 7.27. The molecule has 0 aromatic carbocycles. The van der Waals surface area contributed by atoms with Gasteiger partial charge in [-0.15, -0.1) is 0 Å². The summed E-state index contributed by atoms with van der Waals surface area (Å²) in [6, 6.07) is 0. The second-order valence-corrected chi connectivity index (χ2v) is 5.89. The van der Waals surface area contributed by atoms with Gasteiger partial charge in [-0.05, 0) is 57.2 Å². The van der Waals surface area contributed by atoms with E-state index in [0.717, 1.165) is 11.8 Å². The first-order valence-electron chi connectivity index (χ1n) is 7.27. The Labute approximate surface area is 101 Å². The van der Waals surface area contributed by atoms with Crippen molar-refractivity contribution in [2.24, 2.45) is 11.8 Å². The van der Waals surface area contributed by atoms with Gasteiger partial charge in [-0.2, -0.15) is 0 Å². The summed E-state index contributed by atoms with van der Waals surface area (Å²) in [5.41, 5.74) is 0. The van der Waals surface area contributed by atoms with Gasteiger partial charge >= 0.3 is 0 Å². The summed E-state index contributed by atoms with van der Waals surface area (Å²) in [7, 11) is 0. The highest BCUT2D eigenvalue weighted by atomic mass is 15.1. The zero-order valence-electron chi connectivity index (χ0n) is 10.9. The number of nitrogens with one attached hydrogen (secondary N) is 1. The quantitative estimate of drug-likeness (QED) is 0.722. The highest BCUT2D eigenvalue weighted by molar-refractivity contribution is 4.73. The minimum Gasteiger partial charge on any atom is -0.315 e. The largest absolute Gasteiger partial charge is 0.315 e. The van der Waals surface area contributed by atoms with Crippen LogP contribution in [0.1, 0.15) is 45.4 Å². The molecule has 16 heavy (non-hydrogen) atoms. The molecule has 0 spiro atoms. The molecule has 2 heteroatoms. The fraction of sp³-hybridized carbons (Fsp3) is 1.00. The highest BCUT2D eigenvalue weighted by Crippen LogP contribution is 2.27. The lowest BCUT2D eigenvalue weighted by Gasteiger charge is -2.27. The standard InChI is InChI=1S/C14H28N2/c1-13-5-4-6-14(11-13)12-15-7-10-16-8-2-3-9-16/h13-15H,2-12H2,1H3. The fourth-order valence-electron chi connectivity index (χ4n) is 3.29. The van der Waals surface area contributed by atoms with Gasteiger partial charge in [-0.25, -0.2) is 0 Å². The zero-order chi connectivity index (χ0) is 11.2. The lowest BCUT2D eigenvalue weighted by Crippen LogP contribution is -2.33. The van der Waals surface area contributed by atoms with Crippen LogP contribution in [-0.4, -0.2) is 37.6 Å². The van der Waals surface area contributed by atoms with E-state index in [4.69, 9.17) is 0 Å². The number of nitrogens with zero attached hydrogens (tertiary/aromatic N) is 1. The molecular weight excluding hydrogens is 196 g/mol. The highest BCUT2D eigenvalue weighted by Gasteiger charge is 2.18. The van der Waals surface area contributed by atoms with Gasteiger partial charge in [0, 0.05) is 13.1 Å². The van der Waals surface area contributed by atoms with Crippen molar-refractivity contribution < 1.29 is 0 Å². The first kappa shape index (κ1) is 12.4. The maximum Gasteiger partial charge on any atom is 0.0107 e. The minimum atomic E-state index is 0.960. The third kappa shape index (κ3) is 4.06. The summed E-state index contributed by atoms with van der Waals surface area (Å²) in [5, 5.41) is 3.66. The van der Waals surface area contributed by atoms with Gasteiger partial charge in [0.25, 0.3) is 0 Å². The zero-order valence-corrected chi connectivity index (χ0v) is 10.9. The Hall–Kier alpha value is -0.0800. The maximum absolute atomic E-state index is 3.66. The molecule has 1 N–H and O–H groups in total. The molecule has 0 bridgehead atoms. The summed E-state index contributed by atoms with van der Waals surface area (Å²) in [5.74, 6) is 1.93. The van der Waals surface area contributed by atoms with Crippen molar-refractivity contribution in [3.05, 3.63) is 0 Å². The number of hydrogen-bond donors (Lipinski definition) is 1.